The van der Waals surface area contributed by atoms with E-state index in [0.717, 1.165) is 5.75 Å². The Hall–Kier alpha value is -1.39. The Labute approximate surface area is 132 Å². The molecule has 1 saturated heterocycles. The number of rotatable bonds is 6. The molecule has 1 atom stereocenters. The number of Topliss-reactive ketones (excluding diaryl/α,β-unsaturated/α-hetero) is 1. The summed E-state index contributed by atoms with van der Waals surface area (Å²) >= 11 is 0. The van der Waals surface area contributed by atoms with E-state index in [1.807, 2.05) is 38.1 Å². The SMILES string of the molecule is CCOc1ccc(C(=O)C[C@H](C)C2OCC(C)(C)CO2)cc1. The third kappa shape index (κ3) is 4.55. The standard InChI is InChI=1S/C18H26O4/c1-5-20-15-8-6-14(7-9-15)16(19)10-13(2)17-21-11-18(3,4)12-22-17/h6-9,13,17H,5,10-12H2,1-4H3/t13-/m0/s1. The normalized spacial score (nSPS) is 19.6. The first-order valence-corrected chi connectivity index (χ1v) is 7.90. The summed E-state index contributed by atoms with van der Waals surface area (Å²) in [4.78, 5) is 12.3. The zero-order chi connectivity index (χ0) is 16.2. The number of ketones is 1. The summed E-state index contributed by atoms with van der Waals surface area (Å²) in [5, 5.41) is 0. The molecular weight excluding hydrogens is 280 g/mol. The fraction of sp³-hybridized carbons (Fsp3) is 0.611. The Kier molecular flexibility index (Phi) is 5.59. The van der Waals surface area contributed by atoms with Crippen molar-refractivity contribution in [3.63, 3.8) is 0 Å². The van der Waals surface area contributed by atoms with Crippen molar-refractivity contribution in [2.45, 2.75) is 40.4 Å². The molecule has 0 spiro atoms. The highest BCUT2D eigenvalue weighted by atomic mass is 16.7. The maximum Gasteiger partial charge on any atom is 0.163 e. The molecule has 0 aromatic heterocycles. The van der Waals surface area contributed by atoms with E-state index in [9.17, 15) is 4.79 Å². The molecule has 22 heavy (non-hydrogen) atoms. The van der Waals surface area contributed by atoms with Crippen molar-refractivity contribution < 1.29 is 19.0 Å². The van der Waals surface area contributed by atoms with Gasteiger partial charge in [-0.3, -0.25) is 4.79 Å². The number of carbonyl (C=O) groups excluding carboxylic acids is 1. The van der Waals surface area contributed by atoms with Crippen molar-refractivity contribution >= 4 is 5.78 Å². The molecule has 1 heterocycles. The average Bonchev–Trinajstić information content (AvgIpc) is 2.48. The molecule has 1 aliphatic heterocycles. The third-order valence-electron chi connectivity index (χ3n) is 3.74. The summed E-state index contributed by atoms with van der Waals surface area (Å²) in [7, 11) is 0. The minimum Gasteiger partial charge on any atom is -0.494 e. The predicted octanol–water partition coefficient (Wildman–Crippen LogP) is 3.69. The molecule has 2 rings (SSSR count). The molecule has 0 radical (unpaired) electrons. The van der Waals surface area contributed by atoms with Gasteiger partial charge in [0.2, 0.25) is 0 Å². The Morgan fingerprint density at radius 1 is 1.27 bits per heavy atom. The number of benzene rings is 1. The minimum absolute atomic E-state index is 0.0372. The van der Waals surface area contributed by atoms with Gasteiger partial charge in [-0.05, 0) is 31.2 Å². The van der Waals surface area contributed by atoms with Crippen LogP contribution in [0.5, 0.6) is 5.75 Å². The maximum atomic E-state index is 12.3. The first-order valence-electron chi connectivity index (χ1n) is 7.90. The van der Waals surface area contributed by atoms with Gasteiger partial charge >= 0.3 is 0 Å². The van der Waals surface area contributed by atoms with Gasteiger partial charge in [0.15, 0.2) is 12.1 Å². The van der Waals surface area contributed by atoms with Crippen LogP contribution in [-0.2, 0) is 9.47 Å². The molecule has 0 bridgehead atoms. The molecule has 1 aliphatic rings. The van der Waals surface area contributed by atoms with Gasteiger partial charge in [0, 0.05) is 23.3 Å². The number of ether oxygens (including phenoxy) is 3. The van der Waals surface area contributed by atoms with Gasteiger partial charge in [-0.15, -0.1) is 0 Å². The van der Waals surface area contributed by atoms with E-state index >= 15 is 0 Å². The van der Waals surface area contributed by atoms with E-state index in [4.69, 9.17) is 14.2 Å². The molecule has 0 N–H and O–H groups in total. The molecule has 1 aromatic carbocycles. The molecule has 0 saturated carbocycles. The predicted molar refractivity (Wildman–Crippen MR) is 85.2 cm³/mol. The molecular formula is C18H26O4. The molecule has 122 valence electrons. The second kappa shape index (κ2) is 7.25. The lowest BCUT2D eigenvalue weighted by Gasteiger charge is -2.37. The van der Waals surface area contributed by atoms with Crippen molar-refractivity contribution in [2.75, 3.05) is 19.8 Å². The van der Waals surface area contributed by atoms with Crippen LogP contribution in [0.2, 0.25) is 0 Å². The van der Waals surface area contributed by atoms with Crippen molar-refractivity contribution in [1.82, 2.24) is 0 Å². The number of hydrogen-bond acceptors (Lipinski definition) is 4. The Bertz CT molecular complexity index is 482. The van der Waals surface area contributed by atoms with Crippen LogP contribution >= 0.6 is 0 Å². The van der Waals surface area contributed by atoms with Gasteiger partial charge in [0.05, 0.1) is 19.8 Å². The van der Waals surface area contributed by atoms with Crippen LogP contribution in [0.3, 0.4) is 0 Å². The van der Waals surface area contributed by atoms with Crippen LogP contribution in [0.15, 0.2) is 24.3 Å². The summed E-state index contributed by atoms with van der Waals surface area (Å²) in [6.07, 6.45) is 0.124. The van der Waals surface area contributed by atoms with E-state index in [2.05, 4.69) is 13.8 Å². The van der Waals surface area contributed by atoms with Crippen LogP contribution in [0.1, 0.15) is 44.5 Å². The first-order chi connectivity index (χ1) is 10.4. The Balaban J connectivity index is 1.88. The van der Waals surface area contributed by atoms with Crippen LogP contribution in [0, 0.1) is 11.3 Å². The lowest BCUT2D eigenvalue weighted by atomic mass is 9.94. The highest BCUT2D eigenvalue weighted by Crippen LogP contribution is 2.28. The van der Waals surface area contributed by atoms with Crippen molar-refractivity contribution in [1.29, 1.82) is 0 Å². The van der Waals surface area contributed by atoms with E-state index < -0.39 is 0 Å². The molecule has 0 unspecified atom stereocenters. The summed E-state index contributed by atoms with van der Waals surface area (Å²) in [6.45, 7) is 10.1. The van der Waals surface area contributed by atoms with E-state index in [1.54, 1.807) is 0 Å². The fourth-order valence-electron chi connectivity index (χ4n) is 2.44. The van der Waals surface area contributed by atoms with Crippen LogP contribution in [-0.4, -0.2) is 31.9 Å². The first kappa shape index (κ1) is 17.0. The number of carbonyl (C=O) groups is 1. The van der Waals surface area contributed by atoms with Crippen molar-refractivity contribution in [3.05, 3.63) is 29.8 Å². The van der Waals surface area contributed by atoms with E-state index in [-0.39, 0.29) is 23.4 Å². The van der Waals surface area contributed by atoms with Gasteiger partial charge in [0.25, 0.3) is 0 Å². The molecule has 0 aliphatic carbocycles. The van der Waals surface area contributed by atoms with Crippen molar-refractivity contribution in [2.24, 2.45) is 11.3 Å². The monoisotopic (exact) mass is 306 g/mol. The maximum absolute atomic E-state index is 12.3. The van der Waals surface area contributed by atoms with Gasteiger partial charge in [0.1, 0.15) is 5.75 Å². The lowest BCUT2D eigenvalue weighted by molar-refractivity contribution is -0.240. The molecule has 4 nitrogen and oxygen atoms in total. The van der Waals surface area contributed by atoms with Crippen LogP contribution in [0.25, 0.3) is 0 Å². The molecule has 0 amide bonds. The number of hydrogen-bond donors (Lipinski definition) is 0. The van der Waals surface area contributed by atoms with E-state index in [0.29, 0.717) is 31.8 Å². The zero-order valence-electron chi connectivity index (χ0n) is 13.9. The quantitative estimate of drug-likeness (QED) is 0.752. The van der Waals surface area contributed by atoms with Crippen LogP contribution in [0.4, 0.5) is 0 Å². The van der Waals surface area contributed by atoms with Crippen LogP contribution < -0.4 is 4.74 Å². The largest absolute Gasteiger partial charge is 0.494 e. The summed E-state index contributed by atoms with van der Waals surface area (Å²) in [6, 6.07) is 7.28. The van der Waals surface area contributed by atoms with Gasteiger partial charge < -0.3 is 14.2 Å². The van der Waals surface area contributed by atoms with Gasteiger partial charge in [-0.1, -0.05) is 20.8 Å². The second-order valence-electron chi connectivity index (χ2n) is 6.72. The molecule has 1 fully saturated rings. The lowest BCUT2D eigenvalue weighted by Crippen LogP contribution is -2.41. The molecule has 1 aromatic rings. The molecule has 4 heteroatoms. The Morgan fingerprint density at radius 2 is 1.86 bits per heavy atom. The zero-order valence-corrected chi connectivity index (χ0v) is 13.9. The minimum atomic E-state index is -0.292. The fourth-order valence-corrected chi connectivity index (χ4v) is 2.44. The smallest absolute Gasteiger partial charge is 0.163 e. The van der Waals surface area contributed by atoms with Gasteiger partial charge in [-0.2, -0.15) is 0 Å². The Morgan fingerprint density at radius 3 is 2.41 bits per heavy atom. The third-order valence-corrected chi connectivity index (χ3v) is 3.74. The summed E-state index contributed by atoms with van der Waals surface area (Å²) in [5.41, 5.74) is 0.751. The van der Waals surface area contributed by atoms with Gasteiger partial charge in [-0.25, -0.2) is 0 Å². The highest BCUT2D eigenvalue weighted by molar-refractivity contribution is 5.96. The average molecular weight is 306 g/mol. The topological polar surface area (TPSA) is 44.8 Å². The van der Waals surface area contributed by atoms with E-state index in [1.165, 1.54) is 0 Å². The summed E-state index contributed by atoms with van der Waals surface area (Å²) < 4.78 is 16.9. The van der Waals surface area contributed by atoms with Crippen molar-refractivity contribution in [3.8, 4) is 5.75 Å². The summed E-state index contributed by atoms with van der Waals surface area (Å²) in [5.74, 6) is 0.927. The second-order valence-corrected chi connectivity index (χ2v) is 6.72. The highest BCUT2D eigenvalue weighted by Gasteiger charge is 2.32.